The van der Waals surface area contributed by atoms with Crippen LogP contribution in [0.3, 0.4) is 0 Å². The predicted molar refractivity (Wildman–Crippen MR) is 81.0 cm³/mol. The summed E-state index contributed by atoms with van der Waals surface area (Å²) in [6, 6.07) is 1.43. The van der Waals surface area contributed by atoms with Gasteiger partial charge in [-0.2, -0.15) is 0 Å². The molecule has 0 spiro atoms. The molecule has 0 aliphatic carbocycles. The monoisotopic (exact) mass is 254 g/mol. The molecule has 0 bridgehead atoms. The molecule has 0 radical (unpaired) electrons. The Labute approximate surface area is 115 Å². The summed E-state index contributed by atoms with van der Waals surface area (Å²) in [7, 11) is 0. The van der Waals surface area contributed by atoms with Gasteiger partial charge >= 0.3 is 0 Å². The van der Waals surface area contributed by atoms with Crippen LogP contribution >= 0.6 is 0 Å². The number of unbranched alkanes of at least 4 members (excludes halogenated alkanes) is 1. The zero-order chi connectivity index (χ0) is 13.5. The van der Waals surface area contributed by atoms with Crippen molar-refractivity contribution in [2.45, 2.75) is 72.4 Å². The molecule has 1 saturated heterocycles. The van der Waals surface area contributed by atoms with Gasteiger partial charge in [0.05, 0.1) is 0 Å². The Morgan fingerprint density at radius 1 is 1.06 bits per heavy atom. The second kappa shape index (κ2) is 8.16. The van der Waals surface area contributed by atoms with Crippen LogP contribution in [0.2, 0.25) is 0 Å². The minimum atomic E-state index is 0.678. The minimum absolute atomic E-state index is 0.678. The number of likely N-dealkylation sites (tertiary alicyclic amines) is 1. The summed E-state index contributed by atoms with van der Waals surface area (Å²) in [4.78, 5) is 2.64. The highest BCUT2D eigenvalue weighted by Gasteiger charge is 2.24. The number of hydrogen-bond donors (Lipinski definition) is 1. The maximum atomic E-state index is 3.90. The molecule has 0 aromatic heterocycles. The third-order valence-corrected chi connectivity index (χ3v) is 4.28. The van der Waals surface area contributed by atoms with Gasteiger partial charge in [0.1, 0.15) is 0 Å². The third kappa shape index (κ3) is 5.27. The van der Waals surface area contributed by atoms with Crippen LogP contribution in [-0.4, -0.2) is 36.6 Å². The smallest absolute Gasteiger partial charge is 0.0116 e. The van der Waals surface area contributed by atoms with Crippen molar-refractivity contribution in [3.8, 4) is 0 Å². The molecule has 2 heteroatoms. The van der Waals surface area contributed by atoms with Crippen molar-refractivity contribution in [3.63, 3.8) is 0 Å². The highest BCUT2D eigenvalue weighted by atomic mass is 15.1. The van der Waals surface area contributed by atoms with Crippen LogP contribution < -0.4 is 5.32 Å². The summed E-state index contributed by atoms with van der Waals surface area (Å²) in [5, 5.41) is 3.90. The van der Waals surface area contributed by atoms with Gasteiger partial charge in [0.2, 0.25) is 0 Å². The summed E-state index contributed by atoms with van der Waals surface area (Å²) in [5.41, 5.74) is 0. The van der Waals surface area contributed by atoms with Crippen LogP contribution in [0, 0.1) is 11.8 Å². The lowest BCUT2D eigenvalue weighted by Crippen LogP contribution is -2.49. The van der Waals surface area contributed by atoms with Crippen LogP contribution in [0.25, 0.3) is 0 Å². The van der Waals surface area contributed by atoms with E-state index in [0.717, 1.165) is 17.9 Å². The molecule has 0 aromatic carbocycles. The van der Waals surface area contributed by atoms with Crippen LogP contribution in [0.1, 0.15) is 60.3 Å². The SMILES string of the molecule is CCCCN1CCC(NC(C(C)C)C(C)C)CC1. The van der Waals surface area contributed by atoms with E-state index in [9.17, 15) is 0 Å². The molecule has 1 N–H and O–H groups in total. The molecule has 18 heavy (non-hydrogen) atoms. The van der Waals surface area contributed by atoms with Crippen molar-refractivity contribution >= 4 is 0 Å². The molecule has 1 heterocycles. The number of piperidine rings is 1. The maximum Gasteiger partial charge on any atom is 0.0116 e. The molecule has 1 rings (SSSR count). The second-order valence-electron chi connectivity index (χ2n) is 6.65. The van der Waals surface area contributed by atoms with E-state index in [0.29, 0.717) is 6.04 Å². The first-order valence-corrected chi connectivity index (χ1v) is 8.03. The maximum absolute atomic E-state index is 3.90. The molecule has 0 saturated carbocycles. The largest absolute Gasteiger partial charge is 0.311 e. The van der Waals surface area contributed by atoms with Gasteiger partial charge in [-0.25, -0.2) is 0 Å². The number of nitrogens with zero attached hydrogens (tertiary/aromatic N) is 1. The standard InChI is InChI=1S/C16H34N2/c1-6-7-10-18-11-8-15(9-12-18)17-16(13(2)3)14(4)5/h13-17H,6-12H2,1-5H3. The zero-order valence-corrected chi connectivity index (χ0v) is 13.2. The molecule has 1 fully saturated rings. The summed E-state index contributed by atoms with van der Waals surface area (Å²) >= 11 is 0. The van der Waals surface area contributed by atoms with E-state index in [1.54, 1.807) is 0 Å². The fourth-order valence-electron chi connectivity index (χ4n) is 3.13. The summed E-state index contributed by atoms with van der Waals surface area (Å²) in [6.07, 6.45) is 5.35. The average molecular weight is 254 g/mol. The second-order valence-corrected chi connectivity index (χ2v) is 6.65. The molecule has 0 aromatic rings. The number of hydrogen-bond acceptors (Lipinski definition) is 2. The first-order chi connectivity index (χ1) is 8.54. The van der Waals surface area contributed by atoms with Crippen LogP contribution in [-0.2, 0) is 0 Å². The van der Waals surface area contributed by atoms with E-state index in [-0.39, 0.29) is 0 Å². The topological polar surface area (TPSA) is 15.3 Å². The highest BCUT2D eigenvalue weighted by Crippen LogP contribution is 2.17. The minimum Gasteiger partial charge on any atom is -0.311 e. The normalized spacial score (nSPS) is 19.3. The Bertz CT molecular complexity index is 197. The molecule has 1 aliphatic heterocycles. The Balaban J connectivity index is 2.29. The average Bonchev–Trinajstić information content (AvgIpc) is 2.34. The number of rotatable bonds is 7. The lowest BCUT2D eigenvalue weighted by molar-refractivity contribution is 0.172. The highest BCUT2D eigenvalue weighted by molar-refractivity contribution is 4.83. The van der Waals surface area contributed by atoms with Gasteiger partial charge in [-0.3, -0.25) is 0 Å². The lowest BCUT2D eigenvalue weighted by Gasteiger charge is -2.37. The van der Waals surface area contributed by atoms with Crippen molar-refractivity contribution < 1.29 is 0 Å². The molecule has 0 unspecified atom stereocenters. The molecular weight excluding hydrogens is 220 g/mol. The van der Waals surface area contributed by atoms with Crippen molar-refractivity contribution in [1.82, 2.24) is 10.2 Å². The van der Waals surface area contributed by atoms with E-state index >= 15 is 0 Å². The Morgan fingerprint density at radius 2 is 1.61 bits per heavy atom. The lowest BCUT2D eigenvalue weighted by atomic mass is 9.91. The molecule has 0 amide bonds. The van der Waals surface area contributed by atoms with Crippen molar-refractivity contribution in [2.24, 2.45) is 11.8 Å². The molecular formula is C16H34N2. The summed E-state index contributed by atoms with van der Waals surface area (Å²) in [6.45, 7) is 15.5. The zero-order valence-electron chi connectivity index (χ0n) is 13.2. The Hall–Kier alpha value is -0.0800. The van der Waals surface area contributed by atoms with E-state index in [2.05, 4.69) is 44.8 Å². The van der Waals surface area contributed by atoms with Gasteiger partial charge < -0.3 is 10.2 Å². The first kappa shape index (κ1) is 16.0. The van der Waals surface area contributed by atoms with E-state index < -0.39 is 0 Å². The van der Waals surface area contributed by atoms with Gasteiger partial charge in [0.15, 0.2) is 0 Å². The predicted octanol–water partition coefficient (Wildman–Crippen LogP) is 3.52. The quantitative estimate of drug-likeness (QED) is 0.748. The van der Waals surface area contributed by atoms with E-state index in [1.807, 2.05) is 0 Å². The van der Waals surface area contributed by atoms with Gasteiger partial charge in [-0.1, -0.05) is 41.0 Å². The van der Waals surface area contributed by atoms with Gasteiger partial charge in [0, 0.05) is 12.1 Å². The fourth-order valence-corrected chi connectivity index (χ4v) is 3.13. The van der Waals surface area contributed by atoms with Crippen molar-refractivity contribution in [1.29, 1.82) is 0 Å². The van der Waals surface area contributed by atoms with E-state index in [4.69, 9.17) is 0 Å². The fraction of sp³-hybridized carbons (Fsp3) is 1.00. The Morgan fingerprint density at radius 3 is 2.06 bits per heavy atom. The molecule has 0 atom stereocenters. The first-order valence-electron chi connectivity index (χ1n) is 8.03. The Kier molecular flexibility index (Phi) is 7.25. The number of nitrogens with one attached hydrogen (secondary N) is 1. The van der Waals surface area contributed by atoms with Crippen molar-refractivity contribution in [3.05, 3.63) is 0 Å². The molecule has 1 aliphatic rings. The molecule has 2 nitrogen and oxygen atoms in total. The van der Waals surface area contributed by atoms with Gasteiger partial charge in [-0.15, -0.1) is 0 Å². The van der Waals surface area contributed by atoms with Crippen LogP contribution in [0.4, 0.5) is 0 Å². The summed E-state index contributed by atoms with van der Waals surface area (Å²) < 4.78 is 0. The van der Waals surface area contributed by atoms with Gasteiger partial charge in [0.25, 0.3) is 0 Å². The van der Waals surface area contributed by atoms with E-state index in [1.165, 1.54) is 45.3 Å². The van der Waals surface area contributed by atoms with Crippen molar-refractivity contribution in [2.75, 3.05) is 19.6 Å². The van der Waals surface area contributed by atoms with Crippen LogP contribution in [0.15, 0.2) is 0 Å². The molecule has 108 valence electrons. The summed E-state index contributed by atoms with van der Waals surface area (Å²) in [5.74, 6) is 1.48. The van der Waals surface area contributed by atoms with Crippen LogP contribution in [0.5, 0.6) is 0 Å². The third-order valence-electron chi connectivity index (χ3n) is 4.28. The van der Waals surface area contributed by atoms with Gasteiger partial charge in [-0.05, 0) is 50.7 Å².